The second kappa shape index (κ2) is 6.77. The largest absolute Gasteiger partial charge is 0.309 e. The minimum Gasteiger partial charge on any atom is -0.309 e. The SMILES string of the molecule is CCC(CSC)NC1CCN(C(C)C)C1. The summed E-state index contributed by atoms with van der Waals surface area (Å²) in [5.41, 5.74) is 0. The number of nitrogens with one attached hydrogen (secondary N) is 1. The summed E-state index contributed by atoms with van der Waals surface area (Å²) >= 11 is 1.95. The van der Waals surface area contributed by atoms with Gasteiger partial charge in [0.2, 0.25) is 0 Å². The Kier molecular flexibility index (Phi) is 6.02. The molecule has 1 rings (SSSR count). The van der Waals surface area contributed by atoms with Crippen LogP contribution in [0.4, 0.5) is 0 Å². The van der Waals surface area contributed by atoms with Crippen LogP contribution >= 0.6 is 11.8 Å². The maximum absolute atomic E-state index is 3.79. The van der Waals surface area contributed by atoms with Gasteiger partial charge in [0.25, 0.3) is 0 Å². The molecule has 90 valence electrons. The number of nitrogens with zero attached hydrogens (tertiary/aromatic N) is 1. The van der Waals surface area contributed by atoms with Gasteiger partial charge in [-0.15, -0.1) is 0 Å². The molecule has 2 nitrogen and oxygen atoms in total. The molecule has 1 heterocycles. The van der Waals surface area contributed by atoms with Crippen LogP contribution in [0.2, 0.25) is 0 Å². The summed E-state index contributed by atoms with van der Waals surface area (Å²) in [4.78, 5) is 2.57. The van der Waals surface area contributed by atoms with Gasteiger partial charge in [0, 0.05) is 30.4 Å². The maximum Gasteiger partial charge on any atom is 0.0210 e. The van der Waals surface area contributed by atoms with Crippen molar-refractivity contribution in [1.29, 1.82) is 0 Å². The van der Waals surface area contributed by atoms with Gasteiger partial charge in [0.15, 0.2) is 0 Å². The van der Waals surface area contributed by atoms with Crippen molar-refractivity contribution in [3.63, 3.8) is 0 Å². The highest BCUT2D eigenvalue weighted by Crippen LogP contribution is 2.14. The molecule has 0 aliphatic carbocycles. The van der Waals surface area contributed by atoms with Crippen LogP contribution in [-0.4, -0.2) is 48.1 Å². The summed E-state index contributed by atoms with van der Waals surface area (Å²) in [6.45, 7) is 9.37. The van der Waals surface area contributed by atoms with Crippen LogP contribution in [0.5, 0.6) is 0 Å². The summed E-state index contributed by atoms with van der Waals surface area (Å²) in [6, 6.07) is 2.14. The third kappa shape index (κ3) is 4.33. The Bertz CT molecular complexity index is 173. The van der Waals surface area contributed by atoms with E-state index in [0.717, 1.165) is 6.04 Å². The van der Waals surface area contributed by atoms with Crippen LogP contribution in [0, 0.1) is 0 Å². The Labute approximate surface area is 99.2 Å². The smallest absolute Gasteiger partial charge is 0.0210 e. The van der Waals surface area contributed by atoms with E-state index in [-0.39, 0.29) is 0 Å². The Morgan fingerprint density at radius 3 is 2.67 bits per heavy atom. The lowest BCUT2D eigenvalue weighted by atomic mass is 10.2. The average Bonchev–Trinajstić information content (AvgIpc) is 2.65. The van der Waals surface area contributed by atoms with Gasteiger partial charge in [-0.1, -0.05) is 6.92 Å². The summed E-state index contributed by atoms with van der Waals surface area (Å²) in [5.74, 6) is 1.24. The third-order valence-corrected chi connectivity index (χ3v) is 4.02. The van der Waals surface area contributed by atoms with Crippen molar-refractivity contribution in [3.8, 4) is 0 Å². The van der Waals surface area contributed by atoms with Crippen molar-refractivity contribution in [3.05, 3.63) is 0 Å². The predicted octanol–water partition coefficient (Wildman–Crippen LogP) is 2.20. The lowest BCUT2D eigenvalue weighted by Gasteiger charge is -2.23. The predicted molar refractivity (Wildman–Crippen MR) is 70.7 cm³/mol. The summed E-state index contributed by atoms with van der Waals surface area (Å²) in [7, 11) is 0. The molecular weight excluding hydrogens is 204 g/mol. The molecule has 15 heavy (non-hydrogen) atoms. The van der Waals surface area contributed by atoms with Gasteiger partial charge < -0.3 is 5.32 Å². The minimum absolute atomic E-state index is 0.706. The first kappa shape index (κ1) is 13.3. The van der Waals surface area contributed by atoms with Crippen LogP contribution in [0.15, 0.2) is 0 Å². The van der Waals surface area contributed by atoms with Gasteiger partial charge in [-0.25, -0.2) is 0 Å². The Morgan fingerprint density at radius 2 is 2.20 bits per heavy atom. The van der Waals surface area contributed by atoms with Crippen molar-refractivity contribution in [2.24, 2.45) is 0 Å². The first-order chi connectivity index (χ1) is 7.17. The molecular formula is C12H26N2S. The summed E-state index contributed by atoms with van der Waals surface area (Å²) < 4.78 is 0. The van der Waals surface area contributed by atoms with E-state index in [9.17, 15) is 0 Å². The molecule has 3 heteroatoms. The molecule has 1 aliphatic heterocycles. The molecule has 0 bridgehead atoms. The number of likely N-dealkylation sites (tertiary alicyclic amines) is 1. The van der Waals surface area contributed by atoms with E-state index in [1.54, 1.807) is 0 Å². The van der Waals surface area contributed by atoms with Crippen molar-refractivity contribution in [1.82, 2.24) is 10.2 Å². The zero-order valence-electron chi connectivity index (χ0n) is 10.6. The number of thioether (sulfide) groups is 1. The molecule has 1 saturated heterocycles. The highest BCUT2D eigenvalue weighted by molar-refractivity contribution is 7.98. The molecule has 0 aromatic rings. The highest BCUT2D eigenvalue weighted by atomic mass is 32.2. The van der Waals surface area contributed by atoms with E-state index in [1.165, 1.54) is 31.7 Å². The lowest BCUT2D eigenvalue weighted by Crippen LogP contribution is -2.41. The topological polar surface area (TPSA) is 15.3 Å². The van der Waals surface area contributed by atoms with E-state index in [4.69, 9.17) is 0 Å². The highest BCUT2D eigenvalue weighted by Gasteiger charge is 2.25. The average molecular weight is 230 g/mol. The molecule has 0 amide bonds. The van der Waals surface area contributed by atoms with Crippen LogP contribution < -0.4 is 5.32 Å². The van der Waals surface area contributed by atoms with Gasteiger partial charge in [-0.3, -0.25) is 4.90 Å². The second-order valence-corrected chi connectivity index (χ2v) is 5.71. The number of rotatable bonds is 6. The van der Waals surface area contributed by atoms with E-state index in [0.29, 0.717) is 12.1 Å². The van der Waals surface area contributed by atoms with Gasteiger partial charge >= 0.3 is 0 Å². The van der Waals surface area contributed by atoms with Crippen LogP contribution in [0.1, 0.15) is 33.6 Å². The standard InChI is InChI=1S/C12H26N2S/c1-5-11(9-15-4)13-12-6-7-14(8-12)10(2)3/h10-13H,5-9H2,1-4H3. The number of hydrogen-bond acceptors (Lipinski definition) is 3. The maximum atomic E-state index is 3.79. The zero-order chi connectivity index (χ0) is 11.3. The molecule has 0 radical (unpaired) electrons. The van der Waals surface area contributed by atoms with E-state index >= 15 is 0 Å². The molecule has 0 spiro atoms. The zero-order valence-corrected chi connectivity index (χ0v) is 11.4. The van der Waals surface area contributed by atoms with E-state index < -0.39 is 0 Å². The third-order valence-electron chi connectivity index (χ3n) is 3.28. The first-order valence-corrected chi connectivity index (χ1v) is 7.55. The molecule has 1 fully saturated rings. The van der Waals surface area contributed by atoms with Crippen molar-refractivity contribution >= 4 is 11.8 Å². The summed E-state index contributed by atoms with van der Waals surface area (Å²) in [6.07, 6.45) is 4.77. The molecule has 0 saturated carbocycles. The fraction of sp³-hybridized carbons (Fsp3) is 1.00. The molecule has 0 aromatic heterocycles. The van der Waals surface area contributed by atoms with Gasteiger partial charge in [-0.2, -0.15) is 11.8 Å². The first-order valence-electron chi connectivity index (χ1n) is 6.16. The molecule has 0 aromatic carbocycles. The lowest BCUT2D eigenvalue weighted by molar-refractivity contribution is 0.266. The minimum atomic E-state index is 0.706. The quantitative estimate of drug-likeness (QED) is 0.753. The Morgan fingerprint density at radius 1 is 1.47 bits per heavy atom. The fourth-order valence-electron chi connectivity index (χ4n) is 2.21. The van der Waals surface area contributed by atoms with Crippen molar-refractivity contribution in [2.45, 2.75) is 51.7 Å². The van der Waals surface area contributed by atoms with Gasteiger partial charge in [0.1, 0.15) is 0 Å². The van der Waals surface area contributed by atoms with Crippen molar-refractivity contribution < 1.29 is 0 Å². The van der Waals surface area contributed by atoms with Crippen LogP contribution in [-0.2, 0) is 0 Å². The molecule has 1 N–H and O–H groups in total. The Balaban J connectivity index is 2.27. The van der Waals surface area contributed by atoms with Gasteiger partial charge in [-0.05, 0) is 39.5 Å². The monoisotopic (exact) mass is 230 g/mol. The van der Waals surface area contributed by atoms with Crippen molar-refractivity contribution in [2.75, 3.05) is 25.1 Å². The molecule has 1 aliphatic rings. The fourth-order valence-corrected chi connectivity index (χ4v) is 2.94. The molecule has 2 unspecified atom stereocenters. The molecule has 2 atom stereocenters. The van der Waals surface area contributed by atoms with Crippen LogP contribution in [0.25, 0.3) is 0 Å². The Hall–Kier alpha value is 0.270. The normalized spacial score (nSPS) is 25.0. The summed E-state index contributed by atoms with van der Waals surface area (Å²) in [5, 5.41) is 3.79. The number of hydrogen-bond donors (Lipinski definition) is 1. The second-order valence-electron chi connectivity index (χ2n) is 4.80. The van der Waals surface area contributed by atoms with Crippen LogP contribution in [0.3, 0.4) is 0 Å². The van der Waals surface area contributed by atoms with E-state index in [2.05, 4.69) is 37.2 Å². The van der Waals surface area contributed by atoms with Gasteiger partial charge in [0.05, 0.1) is 0 Å². The van der Waals surface area contributed by atoms with E-state index in [1.807, 2.05) is 11.8 Å².